The molecule has 0 aromatic heterocycles. The first kappa shape index (κ1) is 21.5. The Hall–Kier alpha value is -1.79. The van der Waals surface area contributed by atoms with Gasteiger partial charge >= 0.3 is 0 Å². The molecule has 0 saturated carbocycles. The zero-order valence-electron chi connectivity index (χ0n) is 15.9. The first-order chi connectivity index (χ1) is 12.6. The summed E-state index contributed by atoms with van der Waals surface area (Å²) in [4.78, 5) is 26.6. The molecule has 2 N–H and O–H groups in total. The monoisotopic (exact) mass is 395 g/mol. The van der Waals surface area contributed by atoms with Gasteiger partial charge in [-0.3, -0.25) is 9.59 Å². The summed E-state index contributed by atoms with van der Waals surface area (Å²) in [5.74, 6) is 0.849. The zero-order valence-corrected chi connectivity index (χ0v) is 16.7. The van der Waals surface area contributed by atoms with Gasteiger partial charge in [-0.05, 0) is 51.3 Å². The molecule has 2 amide bonds. The molecule has 27 heavy (non-hydrogen) atoms. The van der Waals surface area contributed by atoms with E-state index in [4.69, 9.17) is 4.74 Å². The zero-order chi connectivity index (χ0) is 18.4. The van der Waals surface area contributed by atoms with Crippen LogP contribution in [0.15, 0.2) is 30.3 Å². The fourth-order valence-corrected chi connectivity index (χ4v) is 3.73. The van der Waals surface area contributed by atoms with Gasteiger partial charge in [-0.1, -0.05) is 18.2 Å². The predicted octanol–water partition coefficient (Wildman–Crippen LogP) is 1.98. The van der Waals surface area contributed by atoms with Gasteiger partial charge < -0.3 is 20.3 Å². The van der Waals surface area contributed by atoms with Gasteiger partial charge in [0.25, 0.3) is 5.91 Å². The molecular formula is C20H30ClN3O3. The van der Waals surface area contributed by atoms with Gasteiger partial charge in [-0.2, -0.15) is 0 Å². The highest BCUT2D eigenvalue weighted by atomic mass is 35.5. The van der Waals surface area contributed by atoms with Crippen molar-refractivity contribution in [3.8, 4) is 5.75 Å². The Labute approximate surface area is 167 Å². The Morgan fingerprint density at radius 3 is 2.56 bits per heavy atom. The third-order valence-corrected chi connectivity index (χ3v) is 5.29. The number of nitrogens with zero attached hydrogens (tertiary/aromatic N) is 1. The average Bonchev–Trinajstić information content (AvgIpc) is 2.67. The van der Waals surface area contributed by atoms with Crippen molar-refractivity contribution >= 4 is 24.2 Å². The summed E-state index contributed by atoms with van der Waals surface area (Å²) in [5.41, 5.74) is 0. The summed E-state index contributed by atoms with van der Waals surface area (Å²) < 4.78 is 5.53. The first-order valence-electron chi connectivity index (χ1n) is 9.61. The van der Waals surface area contributed by atoms with Crippen LogP contribution in [0.3, 0.4) is 0 Å². The molecule has 0 aliphatic carbocycles. The maximum absolute atomic E-state index is 12.5. The van der Waals surface area contributed by atoms with Crippen LogP contribution in [0.25, 0.3) is 0 Å². The number of carbonyl (C=O) groups is 2. The number of piperidine rings is 2. The minimum atomic E-state index is -0.0140. The minimum absolute atomic E-state index is 0. The molecule has 2 fully saturated rings. The van der Waals surface area contributed by atoms with E-state index in [0.717, 1.165) is 32.2 Å². The Morgan fingerprint density at radius 2 is 1.89 bits per heavy atom. The van der Waals surface area contributed by atoms with E-state index in [2.05, 4.69) is 17.6 Å². The molecule has 7 heteroatoms. The predicted molar refractivity (Wildman–Crippen MR) is 107 cm³/mol. The SMILES string of the molecule is CC1CC(NC(=O)C2CCN(C(=O)COc3ccccc3)CC2)CCN1.Cl. The lowest BCUT2D eigenvalue weighted by Gasteiger charge is -2.33. The highest BCUT2D eigenvalue weighted by Crippen LogP contribution is 2.19. The maximum Gasteiger partial charge on any atom is 0.260 e. The molecule has 1 aromatic rings. The standard InChI is InChI=1S/C20H29N3O3.ClH/c1-15-13-17(7-10-21-15)22-20(25)16-8-11-23(12-9-16)19(24)14-26-18-5-3-2-4-6-18;/h2-6,15-17,21H,7-14H2,1H3,(H,22,25);1H. The van der Waals surface area contributed by atoms with Crippen LogP contribution < -0.4 is 15.4 Å². The summed E-state index contributed by atoms with van der Waals surface area (Å²) in [6, 6.07) is 10.1. The van der Waals surface area contributed by atoms with Crippen LogP contribution in [0.1, 0.15) is 32.6 Å². The molecule has 2 unspecified atom stereocenters. The molecule has 150 valence electrons. The van der Waals surface area contributed by atoms with E-state index in [1.807, 2.05) is 30.3 Å². The number of hydrogen-bond acceptors (Lipinski definition) is 4. The van der Waals surface area contributed by atoms with Crippen LogP contribution in [-0.2, 0) is 9.59 Å². The summed E-state index contributed by atoms with van der Waals surface area (Å²) in [6.07, 6.45) is 3.43. The number of amides is 2. The highest BCUT2D eigenvalue weighted by Gasteiger charge is 2.29. The molecule has 6 nitrogen and oxygen atoms in total. The van der Waals surface area contributed by atoms with E-state index in [0.29, 0.717) is 24.9 Å². The lowest BCUT2D eigenvalue weighted by molar-refractivity contribution is -0.137. The molecule has 2 aliphatic rings. The molecule has 2 heterocycles. The van der Waals surface area contributed by atoms with Crippen LogP contribution in [-0.4, -0.2) is 55.0 Å². The van der Waals surface area contributed by atoms with E-state index in [-0.39, 0.29) is 42.8 Å². The molecule has 3 rings (SSSR count). The summed E-state index contributed by atoms with van der Waals surface area (Å²) in [5, 5.41) is 6.60. The Morgan fingerprint density at radius 1 is 1.19 bits per heavy atom. The number of nitrogens with one attached hydrogen (secondary N) is 2. The second-order valence-corrected chi connectivity index (χ2v) is 7.34. The van der Waals surface area contributed by atoms with Crippen molar-refractivity contribution in [1.29, 1.82) is 0 Å². The third kappa shape index (κ3) is 6.40. The van der Waals surface area contributed by atoms with Crippen molar-refractivity contribution in [2.45, 2.75) is 44.7 Å². The normalized spacial score (nSPS) is 23.2. The Bertz CT molecular complexity index is 606. The first-order valence-corrected chi connectivity index (χ1v) is 9.61. The number of hydrogen-bond donors (Lipinski definition) is 2. The summed E-state index contributed by atoms with van der Waals surface area (Å²) >= 11 is 0. The van der Waals surface area contributed by atoms with E-state index in [1.165, 1.54) is 0 Å². The summed E-state index contributed by atoms with van der Waals surface area (Å²) in [6.45, 7) is 4.41. The van der Waals surface area contributed by atoms with Gasteiger partial charge in [0.15, 0.2) is 6.61 Å². The molecule has 2 saturated heterocycles. The number of rotatable bonds is 5. The fourth-order valence-electron chi connectivity index (χ4n) is 3.73. The molecule has 0 radical (unpaired) electrons. The van der Waals surface area contributed by atoms with Crippen molar-refractivity contribution < 1.29 is 14.3 Å². The third-order valence-electron chi connectivity index (χ3n) is 5.29. The molecule has 1 aromatic carbocycles. The molecule has 2 atom stereocenters. The highest BCUT2D eigenvalue weighted by molar-refractivity contribution is 5.85. The lowest BCUT2D eigenvalue weighted by atomic mass is 9.94. The lowest BCUT2D eigenvalue weighted by Crippen LogP contribution is -2.50. The van der Waals surface area contributed by atoms with Crippen molar-refractivity contribution in [1.82, 2.24) is 15.5 Å². The van der Waals surface area contributed by atoms with Gasteiger partial charge in [0.2, 0.25) is 5.91 Å². The van der Waals surface area contributed by atoms with Crippen LogP contribution in [0.2, 0.25) is 0 Å². The average molecular weight is 396 g/mol. The van der Waals surface area contributed by atoms with Gasteiger partial charge in [-0.15, -0.1) is 12.4 Å². The maximum atomic E-state index is 12.5. The Balaban J connectivity index is 0.00000261. The molecule has 2 aliphatic heterocycles. The van der Waals surface area contributed by atoms with Crippen LogP contribution >= 0.6 is 12.4 Å². The minimum Gasteiger partial charge on any atom is -0.484 e. The van der Waals surface area contributed by atoms with E-state index in [1.54, 1.807) is 4.90 Å². The van der Waals surface area contributed by atoms with Crippen LogP contribution in [0.5, 0.6) is 5.75 Å². The van der Waals surface area contributed by atoms with Crippen molar-refractivity contribution in [2.24, 2.45) is 5.92 Å². The second kappa shape index (κ2) is 10.5. The van der Waals surface area contributed by atoms with Gasteiger partial charge in [-0.25, -0.2) is 0 Å². The number of carbonyl (C=O) groups excluding carboxylic acids is 2. The largest absolute Gasteiger partial charge is 0.484 e. The fraction of sp³-hybridized carbons (Fsp3) is 0.600. The van der Waals surface area contributed by atoms with Gasteiger partial charge in [0.1, 0.15) is 5.75 Å². The number of likely N-dealkylation sites (tertiary alicyclic amines) is 1. The van der Waals surface area contributed by atoms with Crippen molar-refractivity contribution in [2.75, 3.05) is 26.2 Å². The Kier molecular flexibility index (Phi) is 8.38. The van der Waals surface area contributed by atoms with E-state index >= 15 is 0 Å². The van der Waals surface area contributed by atoms with E-state index < -0.39 is 0 Å². The topological polar surface area (TPSA) is 70.7 Å². The van der Waals surface area contributed by atoms with Crippen molar-refractivity contribution in [3.63, 3.8) is 0 Å². The quantitative estimate of drug-likeness (QED) is 0.799. The smallest absolute Gasteiger partial charge is 0.260 e. The van der Waals surface area contributed by atoms with Crippen LogP contribution in [0.4, 0.5) is 0 Å². The number of para-hydroxylation sites is 1. The van der Waals surface area contributed by atoms with Gasteiger partial charge in [0.05, 0.1) is 0 Å². The number of halogens is 1. The number of ether oxygens (including phenoxy) is 1. The molecular weight excluding hydrogens is 366 g/mol. The summed E-state index contributed by atoms with van der Waals surface area (Å²) in [7, 11) is 0. The number of benzene rings is 1. The second-order valence-electron chi connectivity index (χ2n) is 7.34. The van der Waals surface area contributed by atoms with Gasteiger partial charge in [0, 0.05) is 31.1 Å². The van der Waals surface area contributed by atoms with Crippen molar-refractivity contribution in [3.05, 3.63) is 30.3 Å². The van der Waals surface area contributed by atoms with Crippen LogP contribution in [0, 0.1) is 5.92 Å². The van der Waals surface area contributed by atoms with E-state index in [9.17, 15) is 9.59 Å². The molecule has 0 bridgehead atoms. The molecule has 0 spiro atoms.